The fourth-order valence-electron chi connectivity index (χ4n) is 10.6. The van der Waals surface area contributed by atoms with E-state index < -0.39 is 0 Å². The Kier molecular flexibility index (Phi) is 8.25. The fraction of sp³-hybridized carbons (Fsp3) is 0.111. The highest BCUT2D eigenvalue weighted by Gasteiger charge is 2.36. The lowest BCUT2D eigenvalue weighted by Crippen LogP contribution is -2.15. The third-order valence-corrected chi connectivity index (χ3v) is 14.2. The monoisotopic (exact) mass is 804 g/mol. The van der Waals surface area contributed by atoms with E-state index in [1.165, 1.54) is 127 Å². The van der Waals surface area contributed by atoms with Gasteiger partial charge < -0.3 is 0 Å². The third-order valence-electron chi connectivity index (χ3n) is 14.2. The molecular weight excluding hydrogens is 757 g/mol. The van der Waals surface area contributed by atoms with E-state index in [0.717, 1.165) is 0 Å². The van der Waals surface area contributed by atoms with Gasteiger partial charge in [-0.1, -0.05) is 223 Å². The van der Waals surface area contributed by atoms with E-state index in [9.17, 15) is 0 Å². The summed E-state index contributed by atoms with van der Waals surface area (Å²) in [6.45, 7) is 11.7. The maximum absolute atomic E-state index is 2.43. The molecule has 0 atom stereocenters. The van der Waals surface area contributed by atoms with Gasteiger partial charge >= 0.3 is 0 Å². The smallest absolute Gasteiger partial charge is 0.0159 e. The molecule has 63 heavy (non-hydrogen) atoms. The van der Waals surface area contributed by atoms with Gasteiger partial charge in [-0.3, -0.25) is 0 Å². The fourth-order valence-corrected chi connectivity index (χ4v) is 10.6. The molecule has 1 aliphatic carbocycles. The average molecular weight is 805 g/mol. The summed E-state index contributed by atoms with van der Waals surface area (Å²) in [5.74, 6) is 0. The van der Waals surface area contributed by atoms with E-state index in [1.807, 2.05) is 0 Å². The Morgan fingerprint density at radius 3 is 1.30 bits per heavy atom. The van der Waals surface area contributed by atoms with Crippen molar-refractivity contribution in [1.82, 2.24) is 0 Å². The van der Waals surface area contributed by atoms with E-state index in [0.29, 0.717) is 0 Å². The van der Waals surface area contributed by atoms with Crippen LogP contribution in [0.1, 0.15) is 51.3 Å². The summed E-state index contributed by atoms with van der Waals surface area (Å²) in [6.07, 6.45) is 0. The van der Waals surface area contributed by atoms with Crippen LogP contribution in [0, 0.1) is 0 Å². The summed E-state index contributed by atoms with van der Waals surface area (Å²) in [7, 11) is 0. The molecule has 1 aliphatic rings. The summed E-state index contributed by atoms with van der Waals surface area (Å²) in [5.41, 5.74) is 19.3. The van der Waals surface area contributed by atoms with Gasteiger partial charge in [0.2, 0.25) is 0 Å². The summed E-state index contributed by atoms with van der Waals surface area (Å²) in [5, 5.41) is 10.6. The van der Waals surface area contributed by atoms with Crippen LogP contribution in [0.3, 0.4) is 0 Å². The van der Waals surface area contributed by atoms with Gasteiger partial charge in [0.1, 0.15) is 0 Å². The highest BCUT2D eigenvalue weighted by Crippen LogP contribution is 2.51. The predicted octanol–water partition coefficient (Wildman–Crippen LogP) is 17.7. The van der Waals surface area contributed by atoms with E-state index in [-0.39, 0.29) is 10.8 Å². The summed E-state index contributed by atoms with van der Waals surface area (Å²) in [4.78, 5) is 0. The Hall–Kier alpha value is -7.28. The van der Waals surface area contributed by atoms with Gasteiger partial charge in [-0.25, -0.2) is 0 Å². The number of rotatable bonds is 5. The van der Waals surface area contributed by atoms with Gasteiger partial charge in [0.25, 0.3) is 0 Å². The van der Waals surface area contributed by atoms with Crippen LogP contribution in [0.4, 0.5) is 0 Å². The second-order valence-corrected chi connectivity index (χ2v) is 19.3. The first-order valence-corrected chi connectivity index (χ1v) is 22.4. The lowest BCUT2D eigenvalue weighted by Gasteiger charge is -2.22. The van der Waals surface area contributed by atoms with Crippen molar-refractivity contribution < 1.29 is 0 Å². The molecule has 0 heteroatoms. The van der Waals surface area contributed by atoms with Crippen LogP contribution in [-0.4, -0.2) is 0 Å². The molecule has 0 bridgehead atoms. The third kappa shape index (κ3) is 6.04. The summed E-state index contributed by atoms with van der Waals surface area (Å²) in [6, 6.07) is 75.3. The molecule has 0 aliphatic heterocycles. The van der Waals surface area contributed by atoms with Gasteiger partial charge in [-0.05, 0) is 144 Å². The summed E-state index contributed by atoms with van der Waals surface area (Å²) >= 11 is 0. The maximum Gasteiger partial charge on any atom is 0.0159 e. The predicted molar refractivity (Wildman–Crippen MR) is 271 cm³/mol. The number of hydrogen-bond acceptors (Lipinski definition) is 0. The molecule has 300 valence electrons. The van der Waals surface area contributed by atoms with Crippen LogP contribution in [-0.2, 0) is 10.8 Å². The molecule has 11 aromatic carbocycles. The van der Waals surface area contributed by atoms with Gasteiger partial charge in [-0.2, -0.15) is 0 Å². The van der Waals surface area contributed by atoms with E-state index >= 15 is 0 Å². The molecule has 12 rings (SSSR count). The van der Waals surface area contributed by atoms with Gasteiger partial charge in [-0.15, -0.1) is 0 Å². The normalized spacial score (nSPS) is 13.3. The molecule has 0 fully saturated rings. The first-order valence-electron chi connectivity index (χ1n) is 22.4. The number of fused-ring (bicyclic) bond motifs is 4. The first-order chi connectivity index (χ1) is 30.6. The van der Waals surface area contributed by atoms with Crippen molar-refractivity contribution >= 4 is 43.1 Å². The molecule has 0 unspecified atom stereocenters. The molecule has 0 nitrogen and oxygen atoms in total. The van der Waals surface area contributed by atoms with Crippen molar-refractivity contribution in [1.29, 1.82) is 0 Å². The van der Waals surface area contributed by atoms with Crippen molar-refractivity contribution in [3.63, 3.8) is 0 Å². The molecule has 0 saturated heterocycles. The average Bonchev–Trinajstić information content (AvgIpc) is 3.54. The largest absolute Gasteiger partial charge is 0.0616 e. The minimum Gasteiger partial charge on any atom is -0.0616 e. The zero-order valence-electron chi connectivity index (χ0n) is 36.6. The standard InChI is InChI=1S/C63H48/c1-62(2,3)51-35-49-26-25-46-27-31-54(57-34-30-50(36-51)60(49)61(46)57)45-21-17-40(18-22-45)39-13-15-41(16-14-39)47-28-32-55-56-33-29-48(38-59(56)63(4,5)58(55)37-47)42-19-23-44(24-20-42)53-12-8-10-43-9-6-7-11-52(43)53/h6-38H,1-5H3. The second kappa shape index (κ2) is 13.9. The second-order valence-electron chi connectivity index (χ2n) is 19.3. The van der Waals surface area contributed by atoms with Crippen molar-refractivity contribution in [2.75, 3.05) is 0 Å². The highest BCUT2D eigenvalue weighted by molar-refractivity contribution is 6.25. The Labute approximate surface area is 370 Å². The lowest BCUT2D eigenvalue weighted by molar-refractivity contribution is 0.591. The molecule has 0 radical (unpaired) electrons. The van der Waals surface area contributed by atoms with Crippen LogP contribution in [0.25, 0.3) is 110 Å². The van der Waals surface area contributed by atoms with Gasteiger partial charge in [0, 0.05) is 5.41 Å². The van der Waals surface area contributed by atoms with Crippen LogP contribution in [0.2, 0.25) is 0 Å². The minimum absolute atomic E-state index is 0.102. The van der Waals surface area contributed by atoms with Crippen molar-refractivity contribution in [3.8, 4) is 66.8 Å². The minimum atomic E-state index is -0.119. The molecule has 0 saturated carbocycles. The van der Waals surface area contributed by atoms with Crippen LogP contribution in [0.15, 0.2) is 200 Å². The summed E-state index contributed by atoms with van der Waals surface area (Å²) < 4.78 is 0. The lowest BCUT2D eigenvalue weighted by atomic mass is 9.80. The van der Waals surface area contributed by atoms with E-state index in [4.69, 9.17) is 0 Å². The van der Waals surface area contributed by atoms with E-state index in [2.05, 4.69) is 235 Å². The van der Waals surface area contributed by atoms with Crippen molar-refractivity contribution in [2.24, 2.45) is 0 Å². The van der Waals surface area contributed by atoms with Crippen LogP contribution in [0.5, 0.6) is 0 Å². The Balaban J connectivity index is 0.801. The van der Waals surface area contributed by atoms with Gasteiger partial charge in [0.15, 0.2) is 0 Å². The Morgan fingerprint density at radius 1 is 0.302 bits per heavy atom. The molecule has 0 spiro atoms. The molecular formula is C63H48. The van der Waals surface area contributed by atoms with Crippen LogP contribution < -0.4 is 0 Å². The first kappa shape index (κ1) is 37.5. The molecule has 0 heterocycles. The molecule has 0 aromatic heterocycles. The SMILES string of the molecule is CC(C)(C)c1cc2ccc3ccc(-c4ccc(-c5ccc(-c6ccc7c(c6)C(C)(C)c6cc(-c8ccc(-c9cccc%10ccccc9%10)cc8)ccc6-7)cc5)cc4)c4ccc(c1)c2c34. The van der Waals surface area contributed by atoms with Crippen molar-refractivity contribution in [2.45, 2.75) is 45.4 Å². The zero-order chi connectivity index (χ0) is 42.6. The molecule has 0 N–H and O–H groups in total. The Morgan fingerprint density at radius 2 is 0.730 bits per heavy atom. The Bertz CT molecular complexity index is 3550. The quantitative estimate of drug-likeness (QED) is 0.152. The number of benzene rings is 11. The zero-order valence-corrected chi connectivity index (χ0v) is 36.6. The van der Waals surface area contributed by atoms with Crippen LogP contribution >= 0.6 is 0 Å². The molecule has 11 aromatic rings. The number of hydrogen-bond donors (Lipinski definition) is 0. The maximum atomic E-state index is 2.43. The van der Waals surface area contributed by atoms with Crippen molar-refractivity contribution in [3.05, 3.63) is 217 Å². The van der Waals surface area contributed by atoms with Gasteiger partial charge in [0.05, 0.1) is 0 Å². The topological polar surface area (TPSA) is 0 Å². The highest BCUT2D eigenvalue weighted by atomic mass is 14.4. The van der Waals surface area contributed by atoms with E-state index in [1.54, 1.807) is 0 Å². The molecule has 0 amide bonds.